The molecule has 2 nitrogen and oxygen atoms in total. The number of hydrogen-bond acceptors (Lipinski definition) is 3. The van der Waals surface area contributed by atoms with E-state index >= 15 is 0 Å². The molecule has 2 saturated carbocycles. The minimum atomic E-state index is 0.679. The molecule has 3 atom stereocenters. The monoisotopic (exact) mass is 222 g/mol. The van der Waals surface area contributed by atoms with Crippen LogP contribution < -0.4 is 5.32 Å². The van der Waals surface area contributed by atoms with Crippen molar-refractivity contribution in [2.45, 2.75) is 31.7 Å². The molecule has 0 aromatic carbocycles. The molecule has 2 fully saturated rings. The number of fused-ring (bicyclic) bond motifs is 1. The van der Waals surface area contributed by atoms with E-state index in [0.717, 1.165) is 17.8 Å². The minimum Gasteiger partial charge on any atom is -0.316 e. The van der Waals surface area contributed by atoms with Gasteiger partial charge in [-0.1, -0.05) is 0 Å². The van der Waals surface area contributed by atoms with Crippen LogP contribution in [0.1, 0.15) is 24.1 Å². The molecule has 2 aliphatic carbocycles. The first-order valence-corrected chi connectivity index (χ1v) is 6.79. The second kappa shape index (κ2) is 3.87. The number of aromatic nitrogens is 1. The predicted octanol–water partition coefficient (Wildman–Crippen LogP) is 2.32. The van der Waals surface area contributed by atoms with Gasteiger partial charge < -0.3 is 5.32 Å². The molecule has 1 heterocycles. The largest absolute Gasteiger partial charge is 0.316 e. The van der Waals surface area contributed by atoms with E-state index in [-0.39, 0.29) is 0 Å². The first-order chi connectivity index (χ1) is 7.36. The molecule has 0 spiro atoms. The van der Waals surface area contributed by atoms with Crippen LogP contribution in [0.25, 0.3) is 0 Å². The lowest BCUT2D eigenvalue weighted by Crippen LogP contribution is -2.34. The van der Waals surface area contributed by atoms with Crippen LogP contribution in [0.3, 0.4) is 0 Å². The van der Waals surface area contributed by atoms with Crippen LogP contribution in [0, 0.1) is 17.8 Å². The summed E-state index contributed by atoms with van der Waals surface area (Å²) in [4.78, 5) is 5.58. The number of rotatable bonds is 4. The van der Waals surface area contributed by atoms with Crippen molar-refractivity contribution >= 4 is 11.3 Å². The summed E-state index contributed by atoms with van der Waals surface area (Å²) in [5.74, 6) is 3.10. The van der Waals surface area contributed by atoms with E-state index in [4.69, 9.17) is 0 Å². The molecule has 3 unspecified atom stereocenters. The first kappa shape index (κ1) is 9.79. The van der Waals surface area contributed by atoms with E-state index in [1.54, 1.807) is 11.3 Å². The summed E-state index contributed by atoms with van der Waals surface area (Å²) in [6.07, 6.45) is 7.65. The number of hydrogen-bond donors (Lipinski definition) is 1. The SMILES string of the molecule is CNC(Cc1cncs1)C1CC2CC2C1. The fraction of sp³-hybridized carbons (Fsp3) is 0.750. The molecule has 1 aromatic rings. The zero-order valence-corrected chi connectivity index (χ0v) is 9.96. The zero-order chi connectivity index (χ0) is 10.3. The third-order valence-corrected chi connectivity index (χ3v) is 4.93. The van der Waals surface area contributed by atoms with Crippen LogP contribution in [-0.4, -0.2) is 18.1 Å². The Kier molecular flexibility index (Phi) is 2.53. The molecule has 15 heavy (non-hydrogen) atoms. The second-order valence-electron chi connectivity index (χ2n) is 5.05. The Labute approximate surface area is 95.1 Å². The Morgan fingerprint density at radius 3 is 2.87 bits per heavy atom. The highest BCUT2D eigenvalue weighted by Crippen LogP contribution is 2.55. The standard InChI is InChI=1S/C12H18N2S/c1-13-12(5-11-6-14-7-15-11)10-3-8-2-9(8)4-10/h6-10,12-13H,2-5H2,1H3. The normalized spacial score (nSPS) is 35.1. The molecule has 0 aliphatic heterocycles. The van der Waals surface area contributed by atoms with E-state index < -0.39 is 0 Å². The smallest absolute Gasteiger partial charge is 0.0794 e. The maximum atomic E-state index is 4.15. The Morgan fingerprint density at radius 2 is 2.27 bits per heavy atom. The van der Waals surface area contributed by atoms with Crippen molar-refractivity contribution in [2.75, 3.05) is 7.05 Å². The molecule has 0 saturated heterocycles. The molecule has 0 radical (unpaired) electrons. The maximum absolute atomic E-state index is 4.15. The minimum absolute atomic E-state index is 0.679. The summed E-state index contributed by atoms with van der Waals surface area (Å²) >= 11 is 1.79. The first-order valence-electron chi connectivity index (χ1n) is 5.91. The van der Waals surface area contributed by atoms with E-state index in [9.17, 15) is 0 Å². The molecule has 3 rings (SSSR count). The summed E-state index contributed by atoms with van der Waals surface area (Å²) < 4.78 is 0. The van der Waals surface area contributed by atoms with Crippen LogP contribution in [0.4, 0.5) is 0 Å². The van der Waals surface area contributed by atoms with E-state index in [0.29, 0.717) is 6.04 Å². The van der Waals surface area contributed by atoms with E-state index in [1.807, 2.05) is 11.7 Å². The van der Waals surface area contributed by atoms with Gasteiger partial charge in [-0.2, -0.15) is 0 Å². The quantitative estimate of drug-likeness (QED) is 0.845. The average Bonchev–Trinajstić information content (AvgIpc) is 2.73. The van der Waals surface area contributed by atoms with Crippen LogP contribution in [0.2, 0.25) is 0 Å². The molecule has 1 N–H and O–H groups in total. The summed E-state index contributed by atoms with van der Waals surface area (Å²) in [6.45, 7) is 0. The number of thiazole rings is 1. The Bertz CT molecular complexity index is 312. The van der Waals surface area contributed by atoms with Crippen molar-refractivity contribution in [1.82, 2.24) is 10.3 Å². The Balaban J connectivity index is 1.61. The fourth-order valence-corrected chi connectivity index (χ4v) is 3.81. The molecule has 2 aliphatic rings. The Hall–Kier alpha value is -0.410. The van der Waals surface area contributed by atoms with Crippen LogP contribution in [0.5, 0.6) is 0 Å². The topological polar surface area (TPSA) is 24.9 Å². The molecule has 0 amide bonds. The summed E-state index contributed by atoms with van der Waals surface area (Å²) in [5.41, 5.74) is 1.94. The van der Waals surface area contributed by atoms with Crippen molar-refractivity contribution < 1.29 is 0 Å². The van der Waals surface area contributed by atoms with Crippen molar-refractivity contribution in [2.24, 2.45) is 17.8 Å². The fourth-order valence-electron chi connectivity index (χ4n) is 3.15. The number of likely N-dealkylation sites (N-methyl/N-ethyl adjacent to an activating group) is 1. The average molecular weight is 222 g/mol. The Morgan fingerprint density at radius 1 is 1.47 bits per heavy atom. The van der Waals surface area contributed by atoms with Gasteiger partial charge in [-0.15, -0.1) is 11.3 Å². The molecule has 82 valence electrons. The van der Waals surface area contributed by atoms with E-state index in [2.05, 4.69) is 17.3 Å². The van der Waals surface area contributed by atoms with Crippen molar-refractivity contribution in [1.29, 1.82) is 0 Å². The van der Waals surface area contributed by atoms with Gasteiger partial charge in [0.25, 0.3) is 0 Å². The number of nitrogens with zero attached hydrogens (tertiary/aromatic N) is 1. The van der Waals surface area contributed by atoms with Gasteiger partial charge in [0.05, 0.1) is 5.51 Å². The van der Waals surface area contributed by atoms with Gasteiger partial charge >= 0.3 is 0 Å². The van der Waals surface area contributed by atoms with E-state index in [1.165, 1.54) is 30.6 Å². The third-order valence-electron chi connectivity index (χ3n) is 4.12. The van der Waals surface area contributed by atoms with Gasteiger partial charge in [0.2, 0.25) is 0 Å². The predicted molar refractivity (Wildman–Crippen MR) is 63.0 cm³/mol. The van der Waals surface area contributed by atoms with Gasteiger partial charge in [0, 0.05) is 17.1 Å². The second-order valence-corrected chi connectivity index (χ2v) is 6.03. The molecule has 1 aromatic heterocycles. The number of nitrogens with one attached hydrogen (secondary N) is 1. The lowest BCUT2D eigenvalue weighted by atomic mass is 9.92. The van der Waals surface area contributed by atoms with Gasteiger partial charge in [-0.05, 0) is 50.5 Å². The van der Waals surface area contributed by atoms with Crippen molar-refractivity contribution in [3.63, 3.8) is 0 Å². The van der Waals surface area contributed by atoms with Crippen LogP contribution >= 0.6 is 11.3 Å². The molecular weight excluding hydrogens is 204 g/mol. The van der Waals surface area contributed by atoms with Gasteiger partial charge in [0.1, 0.15) is 0 Å². The van der Waals surface area contributed by atoms with Crippen molar-refractivity contribution in [3.05, 3.63) is 16.6 Å². The maximum Gasteiger partial charge on any atom is 0.0794 e. The lowest BCUT2D eigenvalue weighted by molar-refractivity contribution is 0.350. The zero-order valence-electron chi connectivity index (χ0n) is 9.15. The molecule has 0 bridgehead atoms. The highest BCUT2D eigenvalue weighted by molar-refractivity contribution is 7.09. The third kappa shape index (κ3) is 1.95. The molecular formula is C12H18N2S. The summed E-state index contributed by atoms with van der Waals surface area (Å²) in [7, 11) is 2.11. The highest BCUT2D eigenvalue weighted by Gasteiger charge is 2.47. The van der Waals surface area contributed by atoms with Crippen LogP contribution in [-0.2, 0) is 6.42 Å². The summed E-state index contributed by atoms with van der Waals surface area (Å²) in [5, 5.41) is 3.50. The molecule has 3 heteroatoms. The summed E-state index contributed by atoms with van der Waals surface area (Å²) in [6, 6.07) is 0.679. The lowest BCUT2D eigenvalue weighted by Gasteiger charge is -2.23. The van der Waals surface area contributed by atoms with Gasteiger partial charge in [-0.25, -0.2) is 0 Å². The van der Waals surface area contributed by atoms with Crippen LogP contribution in [0.15, 0.2) is 11.7 Å². The van der Waals surface area contributed by atoms with Gasteiger partial charge in [0.15, 0.2) is 0 Å². The van der Waals surface area contributed by atoms with Gasteiger partial charge in [-0.3, -0.25) is 4.98 Å². The highest BCUT2D eigenvalue weighted by atomic mass is 32.1. The van der Waals surface area contributed by atoms with Crippen molar-refractivity contribution in [3.8, 4) is 0 Å².